The molecule has 0 aromatic heterocycles. The Morgan fingerprint density at radius 3 is 2.65 bits per heavy atom. The second-order valence-electron chi connectivity index (χ2n) is 5.81. The zero-order valence-electron chi connectivity index (χ0n) is 12.5. The van der Waals surface area contributed by atoms with Crippen LogP contribution < -0.4 is 5.32 Å². The molecule has 116 valence electrons. The number of nitrogens with zero attached hydrogens (tertiary/aromatic N) is 1. The average molecular weight is 308 g/mol. The van der Waals surface area contributed by atoms with Gasteiger partial charge in [-0.05, 0) is 35.4 Å². The van der Waals surface area contributed by atoms with Crippen LogP contribution in [0.4, 0.5) is 5.69 Å². The highest BCUT2D eigenvalue weighted by atomic mass is 16.3. The Hall–Kier alpha value is -2.66. The summed E-state index contributed by atoms with van der Waals surface area (Å²) >= 11 is 0. The lowest BCUT2D eigenvalue weighted by Crippen LogP contribution is -2.34. The van der Waals surface area contributed by atoms with Crippen molar-refractivity contribution in [2.24, 2.45) is 0 Å². The predicted octanol–water partition coefficient (Wildman–Crippen LogP) is 1.60. The molecule has 2 amide bonds. The van der Waals surface area contributed by atoms with Crippen molar-refractivity contribution in [2.45, 2.75) is 12.8 Å². The van der Waals surface area contributed by atoms with E-state index in [1.54, 1.807) is 0 Å². The Morgan fingerprint density at radius 1 is 1.09 bits per heavy atom. The minimum Gasteiger partial charge on any atom is -0.395 e. The largest absolute Gasteiger partial charge is 0.395 e. The summed E-state index contributed by atoms with van der Waals surface area (Å²) in [6.07, 6.45) is 3.38. The number of aliphatic hydroxyl groups excluding tert-OH is 1. The molecule has 0 saturated carbocycles. The van der Waals surface area contributed by atoms with Crippen molar-refractivity contribution in [3.8, 4) is 0 Å². The maximum atomic E-state index is 12.3. The Labute approximate surface area is 133 Å². The molecule has 0 atom stereocenters. The first-order valence-corrected chi connectivity index (χ1v) is 7.68. The van der Waals surface area contributed by atoms with Gasteiger partial charge < -0.3 is 10.4 Å². The van der Waals surface area contributed by atoms with Gasteiger partial charge in [0.15, 0.2) is 0 Å². The number of aryl methyl sites for hydroxylation is 2. The predicted molar refractivity (Wildman–Crippen MR) is 86.9 cm³/mol. The Balaban J connectivity index is 1.71. The molecule has 0 spiro atoms. The average Bonchev–Trinajstić information content (AvgIpc) is 3.08. The van der Waals surface area contributed by atoms with E-state index >= 15 is 0 Å². The lowest BCUT2D eigenvalue weighted by Gasteiger charge is -2.14. The fourth-order valence-electron chi connectivity index (χ4n) is 3.41. The molecular formula is C18H16N2O3. The number of hydrogen-bond donors (Lipinski definition) is 2. The van der Waals surface area contributed by atoms with Crippen LogP contribution in [0.3, 0.4) is 0 Å². The number of β-amino-alcohol motifs (C(OH)–C–C–N with tert-alkyl or cyclic N) is 1. The van der Waals surface area contributed by atoms with Crippen molar-refractivity contribution in [1.82, 2.24) is 4.90 Å². The number of benzene rings is 2. The van der Waals surface area contributed by atoms with Gasteiger partial charge in [0.2, 0.25) is 0 Å². The van der Waals surface area contributed by atoms with Gasteiger partial charge in [-0.15, -0.1) is 0 Å². The van der Waals surface area contributed by atoms with E-state index in [9.17, 15) is 9.59 Å². The Morgan fingerprint density at radius 2 is 1.87 bits per heavy atom. The lowest BCUT2D eigenvalue weighted by molar-refractivity contribution is -0.137. The molecule has 4 rings (SSSR count). The van der Waals surface area contributed by atoms with Crippen LogP contribution >= 0.6 is 0 Å². The first-order valence-electron chi connectivity index (χ1n) is 7.68. The van der Waals surface area contributed by atoms with Gasteiger partial charge in [0, 0.05) is 17.1 Å². The number of amides is 2. The third kappa shape index (κ3) is 2.12. The SMILES string of the molecule is O=C1C=C(Nc2ccc3c4c(cccc24)CC3)C(=O)N1CCO. The highest BCUT2D eigenvalue weighted by Gasteiger charge is 2.31. The van der Waals surface area contributed by atoms with Gasteiger partial charge >= 0.3 is 0 Å². The highest BCUT2D eigenvalue weighted by molar-refractivity contribution is 6.18. The number of carbonyl (C=O) groups excluding carboxylic acids is 2. The molecule has 2 aromatic carbocycles. The van der Waals surface area contributed by atoms with E-state index in [1.165, 1.54) is 22.6 Å². The fourth-order valence-corrected chi connectivity index (χ4v) is 3.41. The second kappa shape index (κ2) is 5.21. The van der Waals surface area contributed by atoms with Crippen LogP contribution in [-0.2, 0) is 22.4 Å². The molecule has 1 heterocycles. The molecule has 5 nitrogen and oxygen atoms in total. The molecule has 1 aliphatic carbocycles. The van der Waals surface area contributed by atoms with Gasteiger partial charge in [-0.1, -0.05) is 24.3 Å². The van der Waals surface area contributed by atoms with Crippen molar-refractivity contribution >= 4 is 28.3 Å². The van der Waals surface area contributed by atoms with Crippen LogP contribution in [-0.4, -0.2) is 35.0 Å². The van der Waals surface area contributed by atoms with Crippen LogP contribution in [0.5, 0.6) is 0 Å². The number of anilines is 1. The third-order valence-corrected chi connectivity index (χ3v) is 4.48. The minimum absolute atomic E-state index is 0.0170. The standard InChI is InChI=1S/C18H16N2O3/c21-9-8-20-16(22)10-15(18(20)23)19-14-7-6-12-5-4-11-2-1-3-13(14)17(11)12/h1-3,6-7,10,19,21H,4-5,8-9H2. The van der Waals surface area contributed by atoms with Crippen molar-refractivity contribution < 1.29 is 14.7 Å². The van der Waals surface area contributed by atoms with E-state index in [1.807, 2.05) is 18.2 Å². The van der Waals surface area contributed by atoms with Crippen LogP contribution in [0.1, 0.15) is 11.1 Å². The summed E-state index contributed by atoms with van der Waals surface area (Å²) in [7, 11) is 0. The summed E-state index contributed by atoms with van der Waals surface area (Å²) in [5, 5.41) is 14.4. The van der Waals surface area contributed by atoms with E-state index < -0.39 is 11.8 Å². The number of aliphatic hydroxyl groups is 1. The first kappa shape index (κ1) is 14.0. The summed E-state index contributed by atoms with van der Waals surface area (Å²) in [6, 6.07) is 10.2. The van der Waals surface area contributed by atoms with Crippen molar-refractivity contribution in [3.05, 3.63) is 53.2 Å². The fraction of sp³-hybridized carbons (Fsp3) is 0.222. The van der Waals surface area contributed by atoms with Crippen LogP contribution in [0.2, 0.25) is 0 Å². The normalized spacial score (nSPS) is 16.4. The molecule has 2 aromatic rings. The maximum Gasteiger partial charge on any atom is 0.277 e. The number of carbonyl (C=O) groups is 2. The van der Waals surface area contributed by atoms with Gasteiger partial charge in [-0.3, -0.25) is 14.5 Å². The molecule has 0 saturated heterocycles. The van der Waals surface area contributed by atoms with Crippen molar-refractivity contribution in [1.29, 1.82) is 0 Å². The number of imide groups is 1. The first-order chi connectivity index (χ1) is 11.2. The molecule has 0 unspecified atom stereocenters. The van der Waals surface area contributed by atoms with Crippen LogP contribution in [0, 0.1) is 0 Å². The summed E-state index contributed by atoms with van der Waals surface area (Å²) in [5.74, 6) is -0.787. The monoisotopic (exact) mass is 308 g/mol. The van der Waals surface area contributed by atoms with Crippen LogP contribution in [0.25, 0.3) is 10.8 Å². The molecule has 1 aliphatic heterocycles. The zero-order chi connectivity index (χ0) is 16.0. The zero-order valence-corrected chi connectivity index (χ0v) is 12.5. The van der Waals surface area contributed by atoms with Crippen LogP contribution in [0.15, 0.2) is 42.1 Å². The third-order valence-electron chi connectivity index (χ3n) is 4.48. The van der Waals surface area contributed by atoms with Crippen molar-refractivity contribution in [2.75, 3.05) is 18.5 Å². The number of rotatable bonds is 4. The van der Waals surface area contributed by atoms with E-state index in [-0.39, 0.29) is 18.8 Å². The Kier molecular flexibility index (Phi) is 3.16. The van der Waals surface area contributed by atoms with E-state index in [4.69, 9.17) is 5.11 Å². The molecule has 0 fully saturated rings. The summed E-state index contributed by atoms with van der Waals surface area (Å²) in [5.41, 5.74) is 3.73. The molecule has 0 radical (unpaired) electrons. The second-order valence-corrected chi connectivity index (χ2v) is 5.81. The molecule has 23 heavy (non-hydrogen) atoms. The summed E-state index contributed by atoms with van der Waals surface area (Å²) in [6.45, 7) is -0.219. The van der Waals surface area contributed by atoms with E-state index in [0.717, 1.165) is 28.8 Å². The molecular weight excluding hydrogens is 292 g/mol. The smallest absolute Gasteiger partial charge is 0.277 e. The topological polar surface area (TPSA) is 69.6 Å². The van der Waals surface area contributed by atoms with Gasteiger partial charge in [-0.25, -0.2) is 0 Å². The maximum absolute atomic E-state index is 12.3. The Bertz CT molecular complexity index is 860. The lowest BCUT2D eigenvalue weighted by atomic mass is 10.0. The molecule has 2 N–H and O–H groups in total. The summed E-state index contributed by atoms with van der Waals surface area (Å²) in [4.78, 5) is 25.1. The van der Waals surface area contributed by atoms with Gasteiger partial charge in [0.25, 0.3) is 11.8 Å². The van der Waals surface area contributed by atoms with Gasteiger partial charge in [0.1, 0.15) is 5.70 Å². The molecule has 5 heteroatoms. The number of nitrogens with one attached hydrogen (secondary N) is 1. The van der Waals surface area contributed by atoms with Gasteiger partial charge in [0.05, 0.1) is 13.2 Å². The minimum atomic E-state index is -0.396. The number of hydrogen-bond acceptors (Lipinski definition) is 4. The molecule has 0 bridgehead atoms. The summed E-state index contributed by atoms with van der Waals surface area (Å²) < 4.78 is 0. The van der Waals surface area contributed by atoms with E-state index in [0.29, 0.717) is 0 Å². The quantitative estimate of drug-likeness (QED) is 0.842. The molecule has 2 aliphatic rings. The highest BCUT2D eigenvalue weighted by Crippen LogP contribution is 2.35. The van der Waals surface area contributed by atoms with Crippen molar-refractivity contribution in [3.63, 3.8) is 0 Å². The van der Waals surface area contributed by atoms with E-state index in [2.05, 4.69) is 17.4 Å². The van der Waals surface area contributed by atoms with Gasteiger partial charge in [-0.2, -0.15) is 0 Å².